The van der Waals surface area contributed by atoms with Gasteiger partial charge in [-0.25, -0.2) is 0 Å². The molecule has 1 unspecified atom stereocenters. The third-order valence-corrected chi connectivity index (χ3v) is 9.47. The molecule has 2 aliphatic rings. The highest BCUT2D eigenvalue weighted by molar-refractivity contribution is 5.95. The molecule has 2 saturated heterocycles. The van der Waals surface area contributed by atoms with Gasteiger partial charge < -0.3 is 19.4 Å². The van der Waals surface area contributed by atoms with E-state index in [2.05, 4.69) is 21.9 Å². The van der Waals surface area contributed by atoms with E-state index in [9.17, 15) is 22.8 Å². The normalized spacial score (nSPS) is 16.3. The van der Waals surface area contributed by atoms with E-state index in [4.69, 9.17) is 4.74 Å². The van der Waals surface area contributed by atoms with Crippen LogP contribution >= 0.6 is 0 Å². The number of alkyl halides is 3. The summed E-state index contributed by atoms with van der Waals surface area (Å²) < 4.78 is 45.0. The Bertz CT molecular complexity index is 1740. The molecular weight excluding hydrogens is 653 g/mol. The van der Waals surface area contributed by atoms with Gasteiger partial charge in [0.05, 0.1) is 18.8 Å². The highest BCUT2D eigenvalue weighted by Crippen LogP contribution is 2.29. The first-order chi connectivity index (χ1) is 24.7. The van der Waals surface area contributed by atoms with Crippen LogP contribution in [0.5, 0.6) is 0 Å². The summed E-state index contributed by atoms with van der Waals surface area (Å²) in [5, 5.41) is 0. The lowest BCUT2D eigenvalue weighted by Gasteiger charge is -2.39. The topological polar surface area (TPSA) is 56.3 Å². The van der Waals surface area contributed by atoms with Gasteiger partial charge in [-0.1, -0.05) is 84.9 Å². The quantitative estimate of drug-likeness (QED) is 0.167. The van der Waals surface area contributed by atoms with Crippen LogP contribution in [0.25, 0.3) is 6.08 Å². The van der Waals surface area contributed by atoms with Crippen molar-refractivity contribution in [1.82, 2.24) is 14.7 Å². The number of hydrogen-bond acceptors (Lipinski definition) is 5. The zero-order valence-corrected chi connectivity index (χ0v) is 28.6. The van der Waals surface area contributed by atoms with Gasteiger partial charge in [0, 0.05) is 70.5 Å². The number of nitrogens with zero attached hydrogens (tertiary/aromatic N) is 4. The highest BCUT2D eigenvalue weighted by Gasteiger charge is 2.34. The van der Waals surface area contributed by atoms with Gasteiger partial charge in [0.2, 0.25) is 11.8 Å². The first-order valence-electron chi connectivity index (χ1n) is 17.4. The second kappa shape index (κ2) is 16.9. The molecule has 2 aliphatic heterocycles. The average Bonchev–Trinajstić information content (AvgIpc) is 3.16. The van der Waals surface area contributed by atoms with Gasteiger partial charge in [-0.05, 0) is 52.6 Å². The molecule has 2 amide bonds. The molecule has 6 rings (SSSR count). The molecule has 1 atom stereocenters. The fourth-order valence-corrected chi connectivity index (χ4v) is 6.57. The maximum atomic E-state index is 14.5. The first-order valence-corrected chi connectivity index (χ1v) is 17.4. The molecule has 0 radical (unpaired) electrons. The molecule has 51 heavy (non-hydrogen) atoms. The minimum atomic E-state index is -4.45. The number of carbonyl (C=O) groups excluding carboxylic acids is 2. The minimum absolute atomic E-state index is 0.126. The molecule has 0 aromatic heterocycles. The van der Waals surface area contributed by atoms with Gasteiger partial charge in [-0.2, -0.15) is 13.2 Å². The van der Waals surface area contributed by atoms with E-state index in [0.717, 1.165) is 48.6 Å². The van der Waals surface area contributed by atoms with E-state index in [1.807, 2.05) is 77.7 Å². The predicted molar refractivity (Wildman–Crippen MR) is 193 cm³/mol. The first kappa shape index (κ1) is 35.9. The molecule has 10 heteroatoms. The second-order valence-corrected chi connectivity index (χ2v) is 13.0. The van der Waals surface area contributed by atoms with Crippen molar-refractivity contribution < 1.29 is 27.5 Å². The van der Waals surface area contributed by atoms with Crippen LogP contribution in [-0.4, -0.2) is 85.0 Å². The average molecular weight is 697 g/mol. The maximum absolute atomic E-state index is 14.5. The Kier molecular flexibility index (Phi) is 11.9. The number of carbonyl (C=O) groups is 2. The Hall–Kier alpha value is -4.93. The van der Waals surface area contributed by atoms with Crippen LogP contribution in [0.15, 0.2) is 115 Å². The molecule has 4 aromatic carbocycles. The predicted octanol–water partition coefficient (Wildman–Crippen LogP) is 6.54. The van der Waals surface area contributed by atoms with Crippen molar-refractivity contribution in [2.24, 2.45) is 0 Å². The van der Waals surface area contributed by atoms with Gasteiger partial charge in [0.15, 0.2) is 0 Å². The second-order valence-electron chi connectivity index (χ2n) is 13.0. The van der Waals surface area contributed by atoms with E-state index < -0.39 is 23.7 Å². The van der Waals surface area contributed by atoms with Gasteiger partial charge >= 0.3 is 6.18 Å². The van der Waals surface area contributed by atoms with Gasteiger partial charge in [0.1, 0.15) is 6.04 Å². The summed E-state index contributed by atoms with van der Waals surface area (Å²) in [5.74, 6) is -0.524. The number of anilines is 1. The van der Waals surface area contributed by atoms with Crippen LogP contribution in [-0.2, 0) is 40.0 Å². The summed E-state index contributed by atoms with van der Waals surface area (Å²) in [5.41, 5.74) is 3.76. The van der Waals surface area contributed by atoms with Crippen molar-refractivity contribution in [2.75, 3.05) is 57.4 Å². The van der Waals surface area contributed by atoms with Crippen molar-refractivity contribution in [3.8, 4) is 0 Å². The Morgan fingerprint density at radius 1 is 0.725 bits per heavy atom. The minimum Gasteiger partial charge on any atom is -0.378 e. The molecule has 266 valence electrons. The third-order valence-electron chi connectivity index (χ3n) is 9.47. The number of ether oxygens (including phenoxy) is 1. The molecule has 2 heterocycles. The van der Waals surface area contributed by atoms with Crippen molar-refractivity contribution in [3.05, 3.63) is 143 Å². The van der Waals surface area contributed by atoms with E-state index in [1.54, 1.807) is 4.90 Å². The Labute approximate surface area is 297 Å². The zero-order chi connectivity index (χ0) is 35.6. The number of amides is 2. The summed E-state index contributed by atoms with van der Waals surface area (Å²) in [7, 11) is 0. The number of morpholine rings is 1. The molecule has 0 bridgehead atoms. The lowest BCUT2D eigenvalue weighted by Crippen LogP contribution is -2.56. The number of rotatable bonds is 11. The molecule has 0 aliphatic carbocycles. The van der Waals surface area contributed by atoms with Crippen LogP contribution in [0.2, 0.25) is 0 Å². The lowest BCUT2D eigenvalue weighted by atomic mass is 10.0. The standard InChI is InChI=1S/C41H43F3N4O3/c42-41(43,44)36-16-11-32(12-17-36)15-20-39(49)48(31-35-13-18-37(19-14-35)46-25-27-51-28-26-46)38(29-33-7-3-1-4-8-33)40(50)47-23-21-45(22-24-47)30-34-9-5-2-6-10-34/h1-20,38H,21-31H2. The zero-order valence-electron chi connectivity index (χ0n) is 28.6. The Morgan fingerprint density at radius 3 is 1.94 bits per heavy atom. The summed E-state index contributed by atoms with van der Waals surface area (Å²) in [6.07, 6.45) is -1.28. The van der Waals surface area contributed by atoms with Gasteiger partial charge in [0.25, 0.3) is 0 Å². The molecule has 0 N–H and O–H groups in total. The van der Waals surface area contributed by atoms with E-state index in [0.29, 0.717) is 51.4 Å². The van der Waals surface area contributed by atoms with Crippen molar-refractivity contribution in [3.63, 3.8) is 0 Å². The van der Waals surface area contributed by atoms with Crippen LogP contribution in [0.3, 0.4) is 0 Å². The Balaban J connectivity index is 1.26. The number of benzene rings is 4. The SMILES string of the molecule is O=C(C(Cc1ccccc1)N(Cc1ccc(N2CCOCC2)cc1)C(=O)C=Cc1ccc(C(F)(F)F)cc1)N1CCN(Cc2ccccc2)CC1. The van der Waals surface area contributed by atoms with Crippen molar-refractivity contribution >= 4 is 23.6 Å². The van der Waals surface area contributed by atoms with E-state index in [1.165, 1.54) is 29.8 Å². The Morgan fingerprint density at radius 2 is 1.33 bits per heavy atom. The fourth-order valence-electron chi connectivity index (χ4n) is 6.57. The van der Waals surface area contributed by atoms with E-state index in [-0.39, 0.29) is 12.5 Å². The van der Waals surface area contributed by atoms with Crippen LogP contribution in [0.4, 0.5) is 18.9 Å². The summed E-state index contributed by atoms with van der Waals surface area (Å²) in [4.78, 5) is 36.8. The van der Waals surface area contributed by atoms with Crippen LogP contribution < -0.4 is 4.90 Å². The largest absolute Gasteiger partial charge is 0.416 e. The number of hydrogen-bond donors (Lipinski definition) is 0. The van der Waals surface area contributed by atoms with E-state index >= 15 is 0 Å². The lowest BCUT2D eigenvalue weighted by molar-refractivity contribution is -0.145. The fraction of sp³-hybridized carbons (Fsp3) is 0.317. The van der Waals surface area contributed by atoms with Crippen LogP contribution in [0.1, 0.15) is 27.8 Å². The third kappa shape index (κ3) is 9.86. The van der Waals surface area contributed by atoms with Crippen molar-refractivity contribution in [2.45, 2.75) is 31.7 Å². The molecule has 2 fully saturated rings. The highest BCUT2D eigenvalue weighted by atomic mass is 19.4. The monoisotopic (exact) mass is 696 g/mol. The summed E-state index contributed by atoms with van der Waals surface area (Å²) in [6, 6.07) is 31.8. The smallest absolute Gasteiger partial charge is 0.378 e. The van der Waals surface area contributed by atoms with Gasteiger partial charge in [-0.15, -0.1) is 0 Å². The van der Waals surface area contributed by atoms with Crippen LogP contribution in [0, 0.1) is 0 Å². The molecular formula is C41H43F3N4O3. The number of halogens is 3. The van der Waals surface area contributed by atoms with Gasteiger partial charge in [-0.3, -0.25) is 14.5 Å². The van der Waals surface area contributed by atoms with Crippen molar-refractivity contribution in [1.29, 1.82) is 0 Å². The molecule has 4 aromatic rings. The summed E-state index contributed by atoms with van der Waals surface area (Å²) in [6.45, 7) is 6.40. The summed E-state index contributed by atoms with van der Waals surface area (Å²) >= 11 is 0. The number of piperazine rings is 1. The molecule has 7 nitrogen and oxygen atoms in total. The maximum Gasteiger partial charge on any atom is 0.416 e. The molecule has 0 spiro atoms. The molecule has 0 saturated carbocycles.